The molecule has 2 aromatic carbocycles. The molecule has 7 heteroatoms. The van der Waals surface area contributed by atoms with Crippen LogP contribution in [0.15, 0.2) is 57.7 Å². The number of anilines is 1. The first-order valence-electron chi connectivity index (χ1n) is 7.94. The summed E-state index contributed by atoms with van der Waals surface area (Å²) < 4.78 is 15.8. The summed E-state index contributed by atoms with van der Waals surface area (Å²) in [5.41, 5.74) is 0.940. The number of fused-ring (bicyclic) bond motifs is 1. The summed E-state index contributed by atoms with van der Waals surface area (Å²) in [6, 6.07) is 13.5. The second-order valence-electron chi connectivity index (χ2n) is 5.37. The van der Waals surface area contributed by atoms with Crippen molar-refractivity contribution in [1.29, 1.82) is 0 Å². The summed E-state index contributed by atoms with van der Waals surface area (Å²) >= 11 is 6.08. The SMILES string of the molecule is CCOC(=O)Nc1ccc2c(COc3ccccc3Cl)cc(=O)oc2c1. The molecule has 0 aliphatic rings. The highest BCUT2D eigenvalue weighted by Gasteiger charge is 2.10. The fourth-order valence-corrected chi connectivity index (χ4v) is 2.62. The predicted molar refractivity (Wildman–Crippen MR) is 98.9 cm³/mol. The maximum absolute atomic E-state index is 11.9. The minimum Gasteiger partial charge on any atom is -0.487 e. The second-order valence-corrected chi connectivity index (χ2v) is 5.77. The molecule has 0 unspecified atom stereocenters. The van der Waals surface area contributed by atoms with Crippen molar-refractivity contribution in [1.82, 2.24) is 0 Å². The van der Waals surface area contributed by atoms with Gasteiger partial charge in [-0.3, -0.25) is 5.32 Å². The van der Waals surface area contributed by atoms with E-state index in [2.05, 4.69) is 5.32 Å². The van der Waals surface area contributed by atoms with E-state index >= 15 is 0 Å². The standard InChI is InChI=1S/C19H16ClNO5/c1-2-24-19(23)21-13-7-8-14-12(9-18(22)26-17(14)10-13)11-25-16-6-4-3-5-15(16)20/h3-10H,2,11H2,1H3,(H,21,23). The van der Waals surface area contributed by atoms with Crippen molar-refractivity contribution in [2.45, 2.75) is 13.5 Å². The molecule has 0 saturated carbocycles. The Morgan fingerprint density at radius 3 is 2.77 bits per heavy atom. The first-order chi connectivity index (χ1) is 12.6. The topological polar surface area (TPSA) is 77.8 Å². The minimum absolute atomic E-state index is 0.149. The van der Waals surface area contributed by atoms with Crippen LogP contribution in [0.25, 0.3) is 11.0 Å². The zero-order valence-corrected chi connectivity index (χ0v) is 14.7. The predicted octanol–water partition coefficient (Wildman–Crippen LogP) is 4.59. The number of ether oxygens (including phenoxy) is 2. The van der Waals surface area contributed by atoms with Gasteiger partial charge in [0.2, 0.25) is 0 Å². The maximum Gasteiger partial charge on any atom is 0.411 e. The van der Waals surface area contributed by atoms with Crippen molar-refractivity contribution in [3.8, 4) is 5.75 Å². The highest BCUT2D eigenvalue weighted by Crippen LogP contribution is 2.26. The molecule has 134 valence electrons. The van der Waals surface area contributed by atoms with Gasteiger partial charge in [0.05, 0.1) is 11.6 Å². The van der Waals surface area contributed by atoms with Crippen molar-refractivity contribution in [3.63, 3.8) is 0 Å². The Balaban J connectivity index is 1.87. The first-order valence-corrected chi connectivity index (χ1v) is 8.32. The summed E-state index contributed by atoms with van der Waals surface area (Å²) in [6.45, 7) is 2.12. The van der Waals surface area contributed by atoms with Crippen LogP contribution in [0, 0.1) is 0 Å². The molecule has 3 aromatic rings. The Hall–Kier alpha value is -2.99. The van der Waals surface area contributed by atoms with E-state index in [0.717, 1.165) is 0 Å². The Morgan fingerprint density at radius 2 is 2.00 bits per heavy atom. The Kier molecular flexibility index (Phi) is 5.43. The molecule has 0 saturated heterocycles. The lowest BCUT2D eigenvalue weighted by molar-refractivity contribution is 0.168. The Bertz CT molecular complexity index is 999. The molecule has 0 fully saturated rings. The van der Waals surface area contributed by atoms with Crippen LogP contribution in [0.3, 0.4) is 0 Å². The number of carbonyl (C=O) groups is 1. The van der Waals surface area contributed by atoms with Crippen LogP contribution in [-0.2, 0) is 11.3 Å². The number of benzene rings is 2. The number of rotatable bonds is 5. The lowest BCUT2D eigenvalue weighted by atomic mass is 10.1. The molecule has 26 heavy (non-hydrogen) atoms. The number of halogens is 1. The molecule has 0 atom stereocenters. The van der Waals surface area contributed by atoms with Crippen molar-refractivity contribution >= 4 is 34.4 Å². The molecule has 1 N–H and O–H groups in total. The van der Waals surface area contributed by atoms with E-state index in [1.807, 2.05) is 6.07 Å². The first kappa shape index (κ1) is 17.8. The van der Waals surface area contributed by atoms with Gasteiger partial charge < -0.3 is 13.9 Å². The number of hydrogen-bond donors (Lipinski definition) is 1. The van der Waals surface area contributed by atoms with E-state index in [9.17, 15) is 9.59 Å². The second kappa shape index (κ2) is 7.93. The van der Waals surface area contributed by atoms with E-state index in [1.165, 1.54) is 6.07 Å². The van der Waals surface area contributed by atoms with Crippen molar-refractivity contribution < 1.29 is 18.7 Å². The summed E-state index contributed by atoms with van der Waals surface area (Å²) in [6.07, 6.45) is -0.576. The summed E-state index contributed by atoms with van der Waals surface area (Å²) in [4.78, 5) is 23.4. The van der Waals surface area contributed by atoms with Crippen LogP contribution >= 0.6 is 11.6 Å². The molecule has 0 spiro atoms. The molecule has 0 bridgehead atoms. The zero-order valence-electron chi connectivity index (χ0n) is 14.0. The number of nitrogens with one attached hydrogen (secondary N) is 1. The number of hydrogen-bond acceptors (Lipinski definition) is 5. The van der Waals surface area contributed by atoms with E-state index in [4.69, 9.17) is 25.5 Å². The molecule has 0 radical (unpaired) electrons. The largest absolute Gasteiger partial charge is 0.487 e. The van der Waals surface area contributed by atoms with Gasteiger partial charge >= 0.3 is 11.7 Å². The van der Waals surface area contributed by atoms with Crippen LogP contribution in [-0.4, -0.2) is 12.7 Å². The van der Waals surface area contributed by atoms with Gasteiger partial charge in [-0.2, -0.15) is 0 Å². The molecule has 6 nitrogen and oxygen atoms in total. The average molecular weight is 374 g/mol. The Labute approximate surface area is 154 Å². The van der Waals surface area contributed by atoms with Crippen LogP contribution < -0.4 is 15.7 Å². The van der Waals surface area contributed by atoms with Crippen LogP contribution in [0.5, 0.6) is 5.75 Å². The quantitative estimate of drug-likeness (QED) is 0.661. The third-order valence-corrected chi connectivity index (χ3v) is 3.88. The van der Waals surface area contributed by atoms with Crippen LogP contribution in [0.4, 0.5) is 10.5 Å². The highest BCUT2D eigenvalue weighted by atomic mass is 35.5. The van der Waals surface area contributed by atoms with Gasteiger partial charge in [0.25, 0.3) is 0 Å². The Morgan fingerprint density at radius 1 is 1.19 bits per heavy atom. The molecule has 3 rings (SSSR count). The monoisotopic (exact) mass is 373 g/mol. The molecule has 1 amide bonds. The van der Waals surface area contributed by atoms with Crippen molar-refractivity contribution in [2.24, 2.45) is 0 Å². The lowest BCUT2D eigenvalue weighted by Gasteiger charge is -2.10. The minimum atomic E-state index is -0.576. The van der Waals surface area contributed by atoms with Gasteiger partial charge in [-0.15, -0.1) is 0 Å². The number of para-hydroxylation sites is 1. The van der Waals surface area contributed by atoms with E-state index < -0.39 is 11.7 Å². The zero-order chi connectivity index (χ0) is 18.5. The van der Waals surface area contributed by atoms with E-state index in [1.54, 1.807) is 43.3 Å². The highest BCUT2D eigenvalue weighted by molar-refractivity contribution is 6.32. The van der Waals surface area contributed by atoms with Gasteiger partial charge in [-0.05, 0) is 31.2 Å². The van der Waals surface area contributed by atoms with Gasteiger partial charge in [0, 0.05) is 28.8 Å². The van der Waals surface area contributed by atoms with Crippen LogP contribution in [0.1, 0.15) is 12.5 Å². The molecule has 1 aromatic heterocycles. The third-order valence-electron chi connectivity index (χ3n) is 3.57. The third kappa shape index (κ3) is 4.15. The van der Waals surface area contributed by atoms with E-state index in [0.29, 0.717) is 33.0 Å². The normalized spacial score (nSPS) is 10.5. The molecular weight excluding hydrogens is 358 g/mol. The van der Waals surface area contributed by atoms with Gasteiger partial charge in [0.15, 0.2) is 0 Å². The number of carbonyl (C=O) groups excluding carboxylic acids is 1. The molecule has 0 aliphatic heterocycles. The van der Waals surface area contributed by atoms with Crippen molar-refractivity contribution in [2.75, 3.05) is 11.9 Å². The van der Waals surface area contributed by atoms with Gasteiger partial charge in [-0.1, -0.05) is 23.7 Å². The van der Waals surface area contributed by atoms with Gasteiger partial charge in [-0.25, -0.2) is 9.59 Å². The van der Waals surface area contributed by atoms with Crippen LogP contribution in [0.2, 0.25) is 5.02 Å². The molecule has 1 heterocycles. The van der Waals surface area contributed by atoms with Crippen molar-refractivity contribution in [3.05, 3.63) is 69.5 Å². The van der Waals surface area contributed by atoms with E-state index in [-0.39, 0.29) is 13.2 Å². The fraction of sp³-hybridized carbons (Fsp3) is 0.158. The fourth-order valence-electron chi connectivity index (χ4n) is 2.43. The summed E-state index contributed by atoms with van der Waals surface area (Å²) in [7, 11) is 0. The summed E-state index contributed by atoms with van der Waals surface area (Å²) in [5.74, 6) is 0.524. The molecular formula is C19H16ClNO5. The maximum atomic E-state index is 11.9. The van der Waals surface area contributed by atoms with Gasteiger partial charge in [0.1, 0.15) is 17.9 Å². The summed E-state index contributed by atoms with van der Waals surface area (Å²) in [5, 5.41) is 3.75. The smallest absolute Gasteiger partial charge is 0.411 e. The lowest BCUT2D eigenvalue weighted by Crippen LogP contribution is -2.13. The average Bonchev–Trinajstić information content (AvgIpc) is 2.60. The number of amides is 1. The molecule has 0 aliphatic carbocycles.